The lowest BCUT2D eigenvalue weighted by molar-refractivity contribution is -0.119. The fourth-order valence-electron chi connectivity index (χ4n) is 3.24. The van der Waals surface area contributed by atoms with Gasteiger partial charge in [-0.2, -0.15) is 0 Å². The zero-order valence-corrected chi connectivity index (χ0v) is 15.2. The van der Waals surface area contributed by atoms with Crippen molar-refractivity contribution in [3.63, 3.8) is 0 Å². The summed E-state index contributed by atoms with van der Waals surface area (Å²) in [7, 11) is 1.57. The predicted octanol–water partition coefficient (Wildman–Crippen LogP) is 3.91. The lowest BCUT2D eigenvalue weighted by atomic mass is 10.1. The molecular weight excluding hydrogens is 328 g/mol. The number of carbonyl (C=O) groups is 1. The van der Waals surface area contributed by atoms with E-state index in [0.29, 0.717) is 23.4 Å². The van der Waals surface area contributed by atoms with Gasteiger partial charge in [0.15, 0.2) is 0 Å². The Bertz CT molecular complexity index is 993. The van der Waals surface area contributed by atoms with Gasteiger partial charge in [0.2, 0.25) is 5.91 Å². The number of para-hydroxylation sites is 2. The van der Waals surface area contributed by atoms with Crippen LogP contribution in [0.1, 0.15) is 24.9 Å². The number of carbonyl (C=O) groups excluding carboxylic acids is 1. The average molecular weight is 350 g/mol. The number of nitrogens with one attached hydrogen (secondary N) is 1. The number of hydrogen-bond acceptors (Lipinski definition) is 3. The Morgan fingerprint density at radius 2 is 1.88 bits per heavy atom. The normalized spacial score (nSPS) is 12.0. The van der Waals surface area contributed by atoms with E-state index < -0.39 is 6.04 Å². The van der Waals surface area contributed by atoms with Crippen molar-refractivity contribution >= 4 is 22.5 Å². The minimum atomic E-state index is -0.637. The first kappa shape index (κ1) is 17.7. The molecule has 26 heavy (non-hydrogen) atoms. The Hall–Kier alpha value is -3.08. The molecule has 0 aliphatic carbocycles. The van der Waals surface area contributed by atoms with Crippen molar-refractivity contribution in [1.29, 1.82) is 0 Å². The molecule has 0 saturated heterocycles. The van der Waals surface area contributed by atoms with Crippen LogP contribution in [0.3, 0.4) is 0 Å². The number of fused-ring (bicyclic) bond motifs is 1. The Balaban J connectivity index is 2.15. The molecule has 1 atom stereocenters. The SMILES string of the molecule is CCC(C(=O)Nc1ccccc1)n1c(=O)cc(C)c2cccc(OC)c21. The van der Waals surface area contributed by atoms with E-state index in [0.717, 1.165) is 10.9 Å². The van der Waals surface area contributed by atoms with Gasteiger partial charge in [-0.3, -0.25) is 14.2 Å². The topological polar surface area (TPSA) is 60.3 Å². The van der Waals surface area contributed by atoms with Crippen LogP contribution >= 0.6 is 0 Å². The highest BCUT2D eigenvalue weighted by molar-refractivity contribution is 5.96. The molecule has 3 rings (SSSR count). The van der Waals surface area contributed by atoms with Gasteiger partial charge in [0.1, 0.15) is 11.8 Å². The summed E-state index contributed by atoms with van der Waals surface area (Å²) in [6.45, 7) is 3.78. The number of aromatic nitrogens is 1. The second kappa shape index (κ2) is 7.44. The summed E-state index contributed by atoms with van der Waals surface area (Å²) in [5.74, 6) is 0.353. The van der Waals surface area contributed by atoms with Crippen LogP contribution in [0.5, 0.6) is 5.75 Å². The van der Waals surface area contributed by atoms with Gasteiger partial charge in [0.05, 0.1) is 12.6 Å². The molecular formula is C21H22N2O3. The second-order valence-corrected chi connectivity index (χ2v) is 6.17. The monoisotopic (exact) mass is 350 g/mol. The fraction of sp³-hybridized carbons (Fsp3) is 0.238. The van der Waals surface area contributed by atoms with Gasteiger partial charge in [-0.1, -0.05) is 37.3 Å². The molecule has 0 aliphatic rings. The van der Waals surface area contributed by atoms with Crippen LogP contribution in [-0.2, 0) is 4.79 Å². The van der Waals surface area contributed by atoms with Crippen LogP contribution in [0.25, 0.3) is 10.9 Å². The number of benzene rings is 2. The number of anilines is 1. The summed E-state index contributed by atoms with van der Waals surface area (Å²) in [6, 6.07) is 15.8. The van der Waals surface area contributed by atoms with Gasteiger partial charge in [-0.05, 0) is 37.1 Å². The molecule has 0 saturated carbocycles. The molecule has 5 nitrogen and oxygen atoms in total. The van der Waals surface area contributed by atoms with Crippen LogP contribution < -0.4 is 15.6 Å². The molecule has 1 unspecified atom stereocenters. The first-order valence-corrected chi connectivity index (χ1v) is 8.61. The van der Waals surface area contributed by atoms with Crippen LogP contribution in [-0.4, -0.2) is 17.6 Å². The first-order valence-electron chi connectivity index (χ1n) is 8.61. The first-order chi connectivity index (χ1) is 12.6. The zero-order chi connectivity index (χ0) is 18.7. The van der Waals surface area contributed by atoms with Gasteiger partial charge >= 0.3 is 0 Å². The molecule has 1 heterocycles. The van der Waals surface area contributed by atoms with E-state index in [1.807, 2.05) is 56.3 Å². The lowest BCUT2D eigenvalue weighted by Gasteiger charge is -2.22. The predicted molar refractivity (Wildman–Crippen MR) is 104 cm³/mol. The maximum Gasteiger partial charge on any atom is 0.252 e. The van der Waals surface area contributed by atoms with Crippen molar-refractivity contribution in [3.05, 3.63) is 70.5 Å². The summed E-state index contributed by atoms with van der Waals surface area (Å²) in [6.07, 6.45) is 0.481. The zero-order valence-electron chi connectivity index (χ0n) is 15.2. The summed E-state index contributed by atoms with van der Waals surface area (Å²) < 4.78 is 7.02. The molecule has 5 heteroatoms. The Labute approximate surface area is 152 Å². The minimum Gasteiger partial charge on any atom is -0.495 e. The summed E-state index contributed by atoms with van der Waals surface area (Å²) in [5.41, 5.74) is 2.00. The quantitative estimate of drug-likeness (QED) is 0.759. The number of aryl methyl sites for hydroxylation is 1. The van der Waals surface area contributed by atoms with E-state index in [1.54, 1.807) is 23.8 Å². The third-order valence-electron chi connectivity index (χ3n) is 4.50. The molecule has 0 bridgehead atoms. The standard InChI is InChI=1S/C21H22N2O3/c1-4-17(21(25)22-15-9-6-5-7-10-15)23-19(24)13-14(2)16-11-8-12-18(26-3)20(16)23/h5-13,17H,4H2,1-3H3,(H,22,25). The van der Waals surface area contributed by atoms with Crippen molar-refractivity contribution in [2.75, 3.05) is 12.4 Å². The van der Waals surface area contributed by atoms with Gasteiger partial charge in [0, 0.05) is 17.1 Å². The molecule has 1 amide bonds. The molecule has 0 fully saturated rings. The maximum atomic E-state index is 12.9. The second-order valence-electron chi connectivity index (χ2n) is 6.17. The largest absolute Gasteiger partial charge is 0.495 e. The Morgan fingerprint density at radius 1 is 1.15 bits per heavy atom. The smallest absolute Gasteiger partial charge is 0.252 e. The van der Waals surface area contributed by atoms with Crippen molar-refractivity contribution in [3.8, 4) is 5.75 Å². The highest BCUT2D eigenvalue weighted by Gasteiger charge is 2.24. The van der Waals surface area contributed by atoms with Crippen LogP contribution in [0.2, 0.25) is 0 Å². The van der Waals surface area contributed by atoms with Crippen molar-refractivity contribution in [2.45, 2.75) is 26.3 Å². The molecule has 0 radical (unpaired) electrons. The van der Waals surface area contributed by atoms with Crippen molar-refractivity contribution in [1.82, 2.24) is 4.57 Å². The van der Waals surface area contributed by atoms with Crippen LogP contribution in [0.4, 0.5) is 5.69 Å². The molecule has 1 N–H and O–H groups in total. The average Bonchev–Trinajstić information content (AvgIpc) is 2.65. The fourth-order valence-corrected chi connectivity index (χ4v) is 3.24. The number of pyridine rings is 1. The highest BCUT2D eigenvalue weighted by Crippen LogP contribution is 2.29. The Kier molecular flexibility index (Phi) is 5.07. The number of amides is 1. The van der Waals surface area contributed by atoms with Gasteiger partial charge < -0.3 is 10.1 Å². The molecule has 134 valence electrons. The van der Waals surface area contributed by atoms with E-state index in [2.05, 4.69) is 5.32 Å². The number of rotatable bonds is 5. The molecule has 2 aromatic carbocycles. The van der Waals surface area contributed by atoms with Crippen LogP contribution in [0.15, 0.2) is 59.4 Å². The van der Waals surface area contributed by atoms with E-state index in [9.17, 15) is 9.59 Å². The number of nitrogens with zero attached hydrogens (tertiary/aromatic N) is 1. The van der Waals surface area contributed by atoms with Gasteiger partial charge in [0.25, 0.3) is 5.56 Å². The van der Waals surface area contributed by atoms with E-state index in [1.165, 1.54) is 0 Å². The number of hydrogen-bond donors (Lipinski definition) is 1. The van der Waals surface area contributed by atoms with Crippen molar-refractivity contribution in [2.24, 2.45) is 0 Å². The van der Waals surface area contributed by atoms with Crippen molar-refractivity contribution < 1.29 is 9.53 Å². The maximum absolute atomic E-state index is 12.9. The molecule has 1 aromatic heterocycles. The molecule has 3 aromatic rings. The number of ether oxygens (including phenoxy) is 1. The van der Waals surface area contributed by atoms with Crippen LogP contribution in [0, 0.1) is 6.92 Å². The van der Waals surface area contributed by atoms with E-state index in [4.69, 9.17) is 4.74 Å². The number of methoxy groups -OCH3 is 1. The third-order valence-corrected chi connectivity index (χ3v) is 4.50. The summed E-state index contributed by atoms with van der Waals surface area (Å²) in [4.78, 5) is 25.7. The molecule has 0 aliphatic heterocycles. The highest BCUT2D eigenvalue weighted by atomic mass is 16.5. The summed E-state index contributed by atoms with van der Waals surface area (Å²) in [5, 5.41) is 3.79. The molecule has 0 spiro atoms. The van der Waals surface area contributed by atoms with Gasteiger partial charge in [-0.15, -0.1) is 0 Å². The Morgan fingerprint density at radius 3 is 2.54 bits per heavy atom. The minimum absolute atomic E-state index is 0.213. The summed E-state index contributed by atoms with van der Waals surface area (Å²) >= 11 is 0. The lowest BCUT2D eigenvalue weighted by Crippen LogP contribution is -2.33. The van der Waals surface area contributed by atoms with E-state index >= 15 is 0 Å². The van der Waals surface area contributed by atoms with E-state index in [-0.39, 0.29) is 11.5 Å². The third kappa shape index (κ3) is 3.20. The van der Waals surface area contributed by atoms with Gasteiger partial charge in [-0.25, -0.2) is 0 Å².